The quantitative estimate of drug-likeness (QED) is 0.850. The lowest BCUT2D eigenvalue weighted by molar-refractivity contribution is -0.144. The molecular weight excluding hydrogens is 283 g/mol. The summed E-state index contributed by atoms with van der Waals surface area (Å²) in [6, 6.07) is 1.24. The Morgan fingerprint density at radius 3 is 2.74 bits per heavy atom. The normalized spacial score (nSPS) is 11.6. The fraction of sp³-hybridized carbons (Fsp3) is 0.300. The third-order valence-corrected chi connectivity index (χ3v) is 2.40. The molecule has 0 unspecified atom stereocenters. The fourth-order valence-corrected chi connectivity index (χ4v) is 1.57. The first-order chi connectivity index (χ1) is 8.95. The number of anilines is 1. The van der Waals surface area contributed by atoms with E-state index in [2.05, 4.69) is 25.3 Å². The number of hydrogen-bond donors (Lipinski definition) is 2. The molecule has 0 amide bonds. The van der Waals surface area contributed by atoms with Gasteiger partial charge in [0.25, 0.3) is 0 Å². The minimum Gasteiger partial charge on any atom is -0.370 e. The zero-order chi connectivity index (χ0) is 13.9. The van der Waals surface area contributed by atoms with Crippen molar-refractivity contribution in [3.05, 3.63) is 35.3 Å². The van der Waals surface area contributed by atoms with Gasteiger partial charge in [-0.15, -0.1) is 0 Å². The molecule has 2 heterocycles. The van der Waals surface area contributed by atoms with Crippen LogP contribution in [0.25, 0.3) is 0 Å². The van der Waals surface area contributed by atoms with Crippen molar-refractivity contribution < 1.29 is 13.2 Å². The standard InChI is InChI=1S/C10H9ClF3N5/c11-7-3-8(19-9(18-7)10(12,13)14)16-2-1-6-4-15-5-17-6/h3-5H,1-2H2,(H,15,17)(H,16,18,19). The van der Waals surface area contributed by atoms with Gasteiger partial charge in [-0.25, -0.2) is 15.0 Å². The molecule has 0 bridgehead atoms. The van der Waals surface area contributed by atoms with Crippen molar-refractivity contribution >= 4 is 17.4 Å². The van der Waals surface area contributed by atoms with E-state index in [1.54, 1.807) is 6.20 Å². The van der Waals surface area contributed by atoms with E-state index in [1.165, 1.54) is 12.4 Å². The summed E-state index contributed by atoms with van der Waals surface area (Å²) in [5.41, 5.74) is 0.865. The first kappa shape index (κ1) is 13.6. The minimum atomic E-state index is -4.62. The highest BCUT2D eigenvalue weighted by atomic mass is 35.5. The summed E-state index contributed by atoms with van der Waals surface area (Å²) in [7, 11) is 0. The lowest BCUT2D eigenvalue weighted by Crippen LogP contribution is -2.14. The predicted octanol–water partition coefficient (Wildman–Crippen LogP) is 2.53. The lowest BCUT2D eigenvalue weighted by Gasteiger charge is -2.09. The third-order valence-electron chi connectivity index (χ3n) is 2.20. The molecule has 5 nitrogen and oxygen atoms in total. The van der Waals surface area contributed by atoms with Crippen LogP contribution in [-0.2, 0) is 12.6 Å². The molecule has 0 fully saturated rings. The topological polar surface area (TPSA) is 66.5 Å². The van der Waals surface area contributed by atoms with Crippen LogP contribution >= 0.6 is 11.6 Å². The number of nitrogens with zero attached hydrogens (tertiary/aromatic N) is 3. The Bertz CT molecular complexity index is 541. The van der Waals surface area contributed by atoms with Crippen molar-refractivity contribution in [1.82, 2.24) is 19.9 Å². The maximum absolute atomic E-state index is 12.5. The second kappa shape index (κ2) is 5.43. The average molecular weight is 292 g/mol. The number of alkyl halides is 3. The third kappa shape index (κ3) is 3.82. The number of nitrogens with one attached hydrogen (secondary N) is 2. The first-order valence-electron chi connectivity index (χ1n) is 5.28. The summed E-state index contributed by atoms with van der Waals surface area (Å²) in [6.07, 6.45) is -0.887. The maximum atomic E-state index is 12.5. The van der Waals surface area contributed by atoms with Gasteiger partial charge in [-0.1, -0.05) is 11.6 Å². The molecule has 102 valence electrons. The molecule has 2 aromatic rings. The van der Waals surface area contributed by atoms with Gasteiger partial charge in [0.15, 0.2) is 0 Å². The molecule has 0 aromatic carbocycles. The monoisotopic (exact) mass is 291 g/mol. The van der Waals surface area contributed by atoms with Crippen LogP contribution in [-0.4, -0.2) is 26.5 Å². The van der Waals surface area contributed by atoms with Gasteiger partial charge >= 0.3 is 6.18 Å². The van der Waals surface area contributed by atoms with Crippen LogP contribution in [0, 0.1) is 0 Å². The van der Waals surface area contributed by atoms with Gasteiger partial charge in [0, 0.05) is 30.9 Å². The van der Waals surface area contributed by atoms with Gasteiger partial charge in [0.05, 0.1) is 6.33 Å². The van der Waals surface area contributed by atoms with Crippen LogP contribution in [0.3, 0.4) is 0 Å². The number of H-pyrrole nitrogens is 1. The van der Waals surface area contributed by atoms with Gasteiger partial charge in [0.2, 0.25) is 5.82 Å². The molecule has 2 rings (SSSR count). The zero-order valence-electron chi connectivity index (χ0n) is 9.50. The molecule has 0 aliphatic carbocycles. The average Bonchev–Trinajstić information content (AvgIpc) is 2.80. The van der Waals surface area contributed by atoms with E-state index in [-0.39, 0.29) is 11.0 Å². The van der Waals surface area contributed by atoms with Gasteiger partial charge < -0.3 is 10.3 Å². The SMILES string of the molecule is FC(F)(F)c1nc(Cl)cc(NCCc2cnc[nH]2)n1. The molecule has 0 saturated heterocycles. The summed E-state index contributed by atoms with van der Waals surface area (Å²) in [5, 5.41) is 2.49. The second-order valence-corrected chi connectivity index (χ2v) is 4.04. The summed E-state index contributed by atoms with van der Waals surface area (Å²) in [4.78, 5) is 13.2. The van der Waals surface area contributed by atoms with Crippen LogP contribution in [0.15, 0.2) is 18.6 Å². The predicted molar refractivity (Wildman–Crippen MR) is 62.8 cm³/mol. The summed E-state index contributed by atoms with van der Waals surface area (Å²) < 4.78 is 37.4. The van der Waals surface area contributed by atoms with Crippen LogP contribution < -0.4 is 5.32 Å². The number of halogens is 4. The van der Waals surface area contributed by atoms with Crippen molar-refractivity contribution in [3.8, 4) is 0 Å². The van der Waals surface area contributed by atoms with Crippen molar-refractivity contribution in [2.24, 2.45) is 0 Å². The lowest BCUT2D eigenvalue weighted by atomic mass is 10.3. The van der Waals surface area contributed by atoms with Gasteiger partial charge in [-0.05, 0) is 0 Å². The van der Waals surface area contributed by atoms with E-state index in [9.17, 15) is 13.2 Å². The Labute approximate surface area is 111 Å². The Morgan fingerprint density at radius 1 is 1.32 bits per heavy atom. The van der Waals surface area contributed by atoms with Gasteiger partial charge in [-0.2, -0.15) is 13.2 Å². The highest BCUT2D eigenvalue weighted by Crippen LogP contribution is 2.28. The molecule has 9 heteroatoms. The van der Waals surface area contributed by atoms with Crippen molar-refractivity contribution in [3.63, 3.8) is 0 Å². The highest BCUT2D eigenvalue weighted by Gasteiger charge is 2.35. The van der Waals surface area contributed by atoms with E-state index in [1.807, 2.05) is 0 Å². The van der Waals surface area contributed by atoms with Crippen molar-refractivity contribution in [2.75, 3.05) is 11.9 Å². The van der Waals surface area contributed by atoms with E-state index in [4.69, 9.17) is 11.6 Å². The Kier molecular flexibility index (Phi) is 3.89. The van der Waals surface area contributed by atoms with Crippen LogP contribution in [0.4, 0.5) is 19.0 Å². The molecule has 0 radical (unpaired) electrons. The molecule has 0 aliphatic rings. The van der Waals surface area contributed by atoms with Gasteiger partial charge in [0.1, 0.15) is 11.0 Å². The maximum Gasteiger partial charge on any atom is 0.451 e. The molecule has 0 saturated carbocycles. The Morgan fingerprint density at radius 2 is 2.11 bits per heavy atom. The molecule has 19 heavy (non-hydrogen) atoms. The zero-order valence-corrected chi connectivity index (χ0v) is 10.3. The summed E-state index contributed by atoms with van der Waals surface area (Å²) >= 11 is 5.53. The molecule has 0 aliphatic heterocycles. The first-order valence-corrected chi connectivity index (χ1v) is 5.66. The minimum absolute atomic E-state index is 0.0341. The smallest absolute Gasteiger partial charge is 0.370 e. The van der Waals surface area contributed by atoms with E-state index >= 15 is 0 Å². The van der Waals surface area contributed by atoms with Gasteiger partial charge in [-0.3, -0.25) is 0 Å². The second-order valence-electron chi connectivity index (χ2n) is 3.65. The summed E-state index contributed by atoms with van der Waals surface area (Å²) in [5.74, 6) is -1.23. The molecule has 0 atom stereocenters. The van der Waals surface area contributed by atoms with Crippen molar-refractivity contribution in [1.29, 1.82) is 0 Å². The van der Waals surface area contributed by atoms with Crippen molar-refractivity contribution in [2.45, 2.75) is 12.6 Å². The van der Waals surface area contributed by atoms with Crippen LogP contribution in [0.5, 0.6) is 0 Å². The molecule has 0 spiro atoms. The summed E-state index contributed by atoms with van der Waals surface area (Å²) in [6.45, 7) is 0.396. The molecule has 2 N–H and O–H groups in total. The fourth-order valence-electron chi connectivity index (χ4n) is 1.38. The highest BCUT2D eigenvalue weighted by molar-refractivity contribution is 6.29. The number of aromatic nitrogens is 4. The number of rotatable bonds is 4. The Hall–Kier alpha value is -1.83. The molecular formula is C10H9ClF3N5. The number of imidazole rings is 1. The molecule has 2 aromatic heterocycles. The van der Waals surface area contributed by atoms with Crippen LogP contribution in [0.1, 0.15) is 11.5 Å². The van der Waals surface area contributed by atoms with E-state index in [0.29, 0.717) is 13.0 Å². The van der Waals surface area contributed by atoms with E-state index < -0.39 is 12.0 Å². The largest absolute Gasteiger partial charge is 0.451 e. The number of hydrogen-bond acceptors (Lipinski definition) is 4. The Balaban J connectivity index is 2.02. The van der Waals surface area contributed by atoms with E-state index in [0.717, 1.165) is 5.69 Å². The number of aromatic amines is 1. The van der Waals surface area contributed by atoms with Crippen LogP contribution in [0.2, 0.25) is 5.15 Å².